The Morgan fingerprint density at radius 2 is 2.18 bits per heavy atom. The number of rotatable bonds is 3. The number of nitrogens with zero attached hydrogens (tertiary/aromatic N) is 3. The van der Waals surface area contributed by atoms with Crippen molar-refractivity contribution < 1.29 is 9.53 Å². The topological polar surface area (TPSA) is 55.3 Å². The van der Waals surface area contributed by atoms with Crippen LogP contribution in [0.15, 0.2) is 12.3 Å². The lowest BCUT2D eigenvalue weighted by molar-refractivity contribution is -0.0566. The van der Waals surface area contributed by atoms with Crippen molar-refractivity contribution in [2.24, 2.45) is 0 Å². The first-order valence-electron chi connectivity index (χ1n) is 5.95. The van der Waals surface area contributed by atoms with E-state index in [0.29, 0.717) is 24.8 Å². The summed E-state index contributed by atoms with van der Waals surface area (Å²) in [7, 11) is 0. The van der Waals surface area contributed by atoms with Crippen LogP contribution in [0.2, 0.25) is 0 Å². The van der Waals surface area contributed by atoms with Crippen LogP contribution in [0.1, 0.15) is 28.9 Å². The Morgan fingerprint density at radius 1 is 1.41 bits per heavy atom. The summed E-state index contributed by atoms with van der Waals surface area (Å²) < 4.78 is 5.18. The van der Waals surface area contributed by atoms with Crippen LogP contribution < -0.4 is 0 Å². The van der Waals surface area contributed by atoms with Crippen molar-refractivity contribution in [3.63, 3.8) is 0 Å². The zero-order valence-electron chi connectivity index (χ0n) is 9.80. The highest BCUT2D eigenvalue weighted by atomic mass is 16.5. The normalized spacial score (nSPS) is 19.8. The standard InChI is InChI=1S/C12H15N3O2/c1-8-4-9(5-13-14-8)12(16)15(10-2-3-10)11-6-17-7-11/h4-5,10-11H,2-3,6-7H2,1H3. The first-order valence-corrected chi connectivity index (χ1v) is 5.95. The lowest BCUT2D eigenvalue weighted by Crippen LogP contribution is -2.52. The molecule has 2 aliphatic rings. The summed E-state index contributed by atoms with van der Waals surface area (Å²) in [6.45, 7) is 3.18. The molecule has 0 bridgehead atoms. The Bertz CT molecular complexity index is 441. The monoisotopic (exact) mass is 233 g/mol. The Hall–Kier alpha value is -1.49. The van der Waals surface area contributed by atoms with Crippen LogP contribution in [0.4, 0.5) is 0 Å². The minimum Gasteiger partial charge on any atom is -0.377 e. The number of aromatic nitrogens is 2. The van der Waals surface area contributed by atoms with Gasteiger partial charge in [0.25, 0.3) is 5.91 Å². The second kappa shape index (κ2) is 4.07. The zero-order chi connectivity index (χ0) is 11.8. The lowest BCUT2D eigenvalue weighted by Gasteiger charge is -2.37. The van der Waals surface area contributed by atoms with Gasteiger partial charge in [-0.3, -0.25) is 4.79 Å². The second-order valence-electron chi connectivity index (χ2n) is 4.72. The van der Waals surface area contributed by atoms with Gasteiger partial charge in [0, 0.05) is 6.04 Å². The fraction of sp³-hybridized carbons (Fsp3) is 0.583. The van der Waals surface area contributed by atoms with E-state index in [9.17, 15) is 4.79 Å². The summed E-state index contributed by atoms with van der Waals surface area (Å²) in [6, 6.07) is 2.46. The third kappa shape index (κ3) is 2.02. The van der Waals surface area contributed by atoms with Gasteiger partial charge in [-0.05, 0) is 25.8 Å². The van der Waals surface area contributed by atoms with Gasteiger partial charge in [0.1, 0.15) is 0 Å². The molecular formula is C12H15N3O2. The SMILES string of the molecule is Cc1cc(C(=O)N(C2CC2)C2COC2)cnn1. The third-order valence-electron chi connectivity index (χ3n) is 3.21. The van der Waals surface area contributed by atoms with Gasteiger partial charge >= 0.3 is 0 Å². The van der Waals surface area contributed by atoms with E-state index in [2.05, 4.69) is 10.2 Å². The van der Waals surface area contributed by atoms with Crippen LogP contribution in [-0.4, -0.2) is 46.3 Å². The van der Waals surface area contributed by atoms with Crippen LogP contribution in [-0.2, 0) is 4.74 Å². The molecule has 0 unspecified atom stereocenters. The molecule has 5 nitrogen and oxygen atoms in total. The Labute approximate surface area is 99.8 Å². The molecule has 0 N–H and O–H groups in total. The maximum Gasteiger partial charge on any atom is 0.256 e. The Morgan fingerprint density at radius 3 is 2.71 bits per heavy atom. The summed E-state index contributed by atoms with van der Waals surface area (Å²) in [5, 5.41) is 7.72. The van der Waals surface area contributed by atoms with Crippen molar-refractivity contribution in [3.8, 4) is 0 Å². The molecule has 0 radical (unpaired) electrons. The molecular weight excluding hydrogens is 218 g/mol. The smallest absolute Gasteiger partial charge is 0.256 e. The van der Waals surface area contributed by atoms with E-state index in [1.165, 1.54) is 0 Å². The number of ether oxygens (including phenoxy) is 1. The minimum atomic E-state index is 0.0683. The van der Waals surface area contributed by atoms with Gasteiger partial charge in [0.15, 0.2) is 0 Å². The maximum absolute atomic E-state index is 12.4. The van der Waals surface area contributed by atoms with E-state index in [1.54, 1.807) is 12.3 Å². The Balaban J connectivity index is 1.83. The molecule has 1 amide bonds. The van der Waals surface area contributed by atoms with Crippen LogP contribution in [0.3, 0.4) is 0 Å². The van der Waals surface area contributed by atoms with Crippen LogP contribution in [0, 0.1) is 6.92 Å². The average Bonchev–Trinajstić information content (AvgIpc) is 3.06. The maximum atomic E-state index is 12.4. The molecule has 1 aliphatic carbocycles. The number of carbonyl (C=O) groups excluding carboxylic acids is 1. The molecule has 1 aromatic rings. The molecule has 0 atom stereocenters. The van der Waals surface area contributed by atoms with Gasteiger partial charge in [-0.25, -0.2) is 0 Å². The molecule has 90 valence electrons. The predicted molar refractivity (Wildman–Crippen MR) is 60.6 cm³/mol. The molecule has 2 fully saturated rings. The molecule has 1 aromatic heterocycles. The summed E-state index contributed by atoms with van der Waals surface area (Å²) in [6.07, 6.45) is 3.77. The van der Waals surface area contributed by atoms with Gasteiger partial charge in [-0.1, -0.05) is 0 Å². The molecule has 3 rings (SSSR count). The van der Waals surface area contributed by atoms with Gasteiger partial charge in [0.05, 0.1) is 36.7 Å². The van der Waals surface area contributed by atoms with Crippen LogP contribution in [0.25, 0.3) is 0 Å². The van der Waals surface area contributed by atoms with E-state index >= 15 is 0 Å². The van der Waals surface area contributed by atoms with Gasteiger partial charge in [-0.15, -0.1) is 0 Å². The largest absolute Gasteiger partial charge is 0.377 e. The van der Waals surface area contributed by atoms with Crippen molar-refractivity contribution in [2.45, 2.75) is 31.8 Å². The molecule has 1 saturated carbocycles. The highest BCUT2D eigenvalue weighted by Crippen LogP contribution is 2.32. The van der Waals surface area contributed by atoms with Gasteiger partial charge in [0.2, 0.25) is 0 Å². The van der Waals surface area contributed by atoms with E-state index in [4.69, 9.17) is 4.74 Å². The lowest BCUT2D eigenvalue weighted by atomic mass is 10.1. The predicted octanol–water partition coefficient (Wildman–Crippen LogP) is 0.788. The summed E-state index contributed by atoms with van der Waals surface area (Å²) in [5.74, 6) is 0.0683. The highest BCUT2D eigenvalue weighted by Gasteiger charge is 2.40. The second-order valence-corrected chi connectivity index (χ2v) is 4.72. The van der Waals surface area contributed by atoms with E-state index in [1.807, 2.05) is 11.8 Å². The summed E-state index contributed by atoms with van der Waals surface area (Å²) >= 11 is 0. The highest BCUT2D eigenvalue weighted by molar-refractivity contribution is 5.94. The van der Waals surface area contributed by atoms with Crippen molar-refractivity contribution >= 4 is 5.91 Å². The zero-order valence-corrected chi connectivity index (χ0v) is 9.80. The van der Waals surface area contributed by atoms with Crippen LogP contribution >= 0.6 is 0 Å². The van der Waals surface area contributed by atoms with E-state index in [-0.39, 0.29) is 11.9 Å². The fourth-order valence-corrected chi connectivity index (χ4v) is 2.11. The van der Waals surface area contributed by atoms with E-state index in [0.717, 1.165) is 18.5 Å². The minimum absolute atomic E-state index is 0.0683. The number of hydrogen-bond acceptors (Lipinski definition) is 4. The van der Waals surface area contributed by atoms with Crippen molar-refractivity contribution in [2.75, 3.05) is 13.2 Å². The van der Waals surface area contributed by atoms with Gasteiger partial charge < -0.3 is 9.64 Å². The Kier molecular flexibility index (Phi) is 2.55. The first kappa shape index (κ1) is 10.7. The molecule has 1 aliphatic heterocycles. The van der Waals surface area contributed by atoms with Crippen molar-refractivity contribution in [1.29, 1.82) is 0 Å². The third-order valence-corrected chi connectivity index (χ3v) is 3.21. The number of aryl methyl sites for hydroxylation is 1. The van der Waals surface area contributed by atoms with Crippen molar-refractivity contribution in [3.05, 3.63) is 23.5 Å². The molecule has 17 heavy (non-hydrogen) atoms. The van der Waals surface area contributed by atoms with Crippen molar-refractivity contribution in [1.82, 2.24) is 15.1 Å². The number of hydrogen-bond donors (Lipinski definition) is 0. The summed E-state index contributed by atoms with van der Waals surface area (Å²) in [5.41, 5.74) is 1.41. The molecule has 2 heterocycles. The molecule has 0 aromatic carbocycles. The van der Waals surface area contributed by atoms with Gasteiger partial charge in [-0.2, -0.15) is 10.2 Å². The van der Waals surface area contributed by atoms with E-state index < -0.39 is 0 Å². The molecule has 1 saturated heterocycles. The fourth-order valence-electron chi connectivity index (χ4n) is 2.11. The van der Waals surface area contributed by atoms with Crippen LogP contribution in [0.5, 0.6) is 0 Å². The number of amides is 1. The first-order chi connectivity index (χ1) is 8.25. The quantitative estimate of drug-likeness (QED) is 0.774. The molecule has 0 spiro atoms. The summed E-state index contributed by atoms with van der Waals surface area (Å²) in [4.78, 5) is 14.4. The average molecular weight is 233 g/mol. The number of carbonyl (C=O) groups is 1. The molecule has 5 heteroatoms.